The summed E-state index contributed by atoms with van der Waals surface area (Å²) in [7, 11) is 0. The Balaban J connectivity index is 2.12. The van der Waals surface area contributed by atoms with Crippen LogP contribution in [0, 0.1) is 0 Å². The van der Waals surface area contributed by atoms with Gasteiger partial charge in [0.05, 0.1) is 5.52 Å². The van der Waals surface area contributed by atoms with Gasteiger partial charge in [-0.2, -0.15) is 0 Å². The highest BCUT2D eigenvalue weighted by molar-refractivity contribution is 5.89. The Morgan fingerprint density at radius 3 is 2.90 bits per heavy atom. The summed E-state index contributed by atoms with van der Waals surface area (Å²) >= 11 is 0. The molecule has 0 saturated heterocycles. The van der Waals surface area contributed by atoms with Crippen molar-refractivity contribution in [3.8, 4) is 11.1 Å². The van der Waals surface area contributed by atoms with Crippen molar-refractivity contribution in [3.63, 3.8) is 0 Å². The minimum absolute atomic E-state index is 0.815. The lowest BCUT2D eigenvalue weighted by atomic mass is 10.00. The first-order valence-corrected chi connectivity index (χ1v) is 6.44. The largest absolute Gasteiger partial charge is 0.478 e. The molecule has 3 rings (SSSR count). The smallest absolute Gasteiger partial charge is 0.328 e. The molecule has 1 aromatic carbocycles. The zero-order valence-electron chi connectivity index (χ0n) is 11.1. The summed E-state index contributed by atoms with van der Waals surface area (Å²) in [4.78, 5) is 19.1. The molecule has 0 saturated carbocycles. The lowest BCUT2D eigenvalue weighted by molar-refractivity contribution is -0.131. The number of pyridine rings is 2. The molecular weight excluding hydrogens is 264 g/mol. The van der Waals surface area contributed by atoms with Crippen molar-refractivity contribution in [2.75, 3.05) is 0 Å². The van der Waals surface area contributed by atoms with E-state index in [4.69, 9.17) is 5.11 Å². The molecule has 102 valence electrons. The molecular formula is C17H12N2O2. The van der Waals surface area contributed by atoms with Gasteiger partial charge in [-0.25, -0.2) is 4.79 Å². The number of aromatic nitrogens is 2. The third kappa shape index (κ3) is 2.79. The minimum atomic E-state index is -0.972. The van der Waals surface area contributed by atoms with Gasteiger partial charge in [-0.15, -0.1) is 0 Å². The molecule has 0 aliphatic rings. The van der Waals surface area contributed by atoms with Gasteiger partial charge >= 0.3 is 5.97 Å². The Kier molecular flexibility index (Phi) is 3.43. The quantitative estimate of drug-likeness (QED) is 0.745. The first kappa shape index (κ1) is 13.0. The molecule has 0 aliphatic heterocycles. The Hall–Kier alpha value is -3.01. The predicted octanol–water partition coefficient (Wildman–Crippen LogP) is 3.39. The molecule has 3 aromatic rings. The van der Waals surface area contributed by atoms with E-state index in [0.29, 0.717) is 0 Å². The second-order valence-electron chi connectivity index (χ2n) is 4.55. The lowest BCUT2D eigenvalue weighted by Gasteiger charge is -2.06. The molecule has 0 radical (unpaired) electrons. The van der Waals surface area contributed by atoms with E-state index in [1.807, 2.05) is 30.3 Å². The molecule has 0 atom stereocenters. The molecule has 2 aromatic heterocycles. The number of fused-ring (bicyclic) bond motifs is 1. The van der Waals surface area contributed by atoms with Gasteiger partial charge in [-0.3, -0.25) is 9.97 Å². The minimum Gasteiger partial charge on any atom is -0.478 e. The molecule has 4 heteroatoms. The zero-order valence-corrected chi connectivity index (χ0v) is 11.1. The van der Waals surface area contributed by atoms with Gasteiger partial charge in [-0.05, 0) is 41.5 Å². The lowest BCUT2D eigenvalue weighted by Crippen LogP contribution is -1.89. The molecule has 0 aliphatic carbocycles. The number of carbonyl (C=O) groups is 1. The number of aliphatic carboxylic acids is 1. The maximum absolute atomic E-state index is 10.7. The van der Waals surface area contributed by atoms with Crippen LogP contribution in [0.1, 0.15) is 5.56 Å². The average Bonchev–Trinajstić information content (AvgIpc) is 2.52. The van der Waals surface area contributed by atoms with E-state index in [1.54, 1.807) is 30.7 Å². The standard InChI is InChI=1S/C17H12N2O2/c20-17(21)6-4-12-7-9-18-11-15(12)13-3-5-16-14(10-13)2-1-8-19-16/h1-11H,(H,20,21)/b6-4+. The first-order chi connectivity index (χ1) is 10.2. The normalized spacial score (nSPS) is 11.0. The highest BCUT2D eigenvalue weighted by Crippen LogP contribution is 2.26. The van der Waals surface area contributed by atoms with Gasteiger partial charge in [-0.1, -0.05) is 12.1 Å². The van der Waals surface area contributed by atoms with Crippen LogP contribution in [0.4, 0.5) is 0 Å². The van der Waals surface area contributed by atoms with Crippen molar-refractivity contribution in [1.82, 2.24) is 9.97 Å². The number of carboxylic acid groups (broad SMARTS) is 1. The van der Waals surface area contributed by atoms with Crippen molar-refractivity contribution < 1.29 is 9.90 Å². The van der Waals surface area contributed by atoms with E-state index >= 15 is 0 Å². The fourth-order valence-electron chi connectivity index (χ4n) is 2.20. The Morgan fingerprint density at radius 2 is 2.05 bits per heavy atom. The molecule has 21 heavy (non-hydrogen) atoms. The van der Waals surface area contributed by atoms with Gasteiger partial charge in [0.25, 0.3) is 0 Å². The van der Waals surface area contributed by atoms with Crippen molar-refractivity contribution in [2.24, 2.45) is 0 Å². The van der Waals surface area contributed by atoms with Crippen molar-refractivity contribution in [2.45, 2.75) is 0 Å². The highest BCUT2D eigenvalue weighted by atomic mass is 16.4. The Labute approximate surface area is 121 Å². The van der Waals surface area contributed by atoms with Gasteiger partial charge in [0.1, 0.15) is 0 Å². The van der Waals surface area contributed by atoms with E-state index in [2.05, 4.69) is 9.97 Å². The molecule has 0 spiro atoms. The van der Waals surface area contributed by atoms with Crippen molar-refractivity contribution in [3.05, 3.63) is 66.6 Å². The van der Waals surface area contributed by atoms with Crippen LogP contribution in [0.5, 0.6) is 0 Å². The molecule has 0 unspecified atom stereocenters. The van der Waals surface area contributed by atoms with Gasteiger partial charge in [0, 0.05) is 35.6 Å². The average molecular weight is 276 g/mol. The van der Waals surface area contributed by atoms with Crippen LogP contribution in [-0.4, -0.2) is 21.0 Å². The van der Waals surface area contributed by atoms with Gasteiger partial charge < -0.3 is 5.11 Å². The van der Waals surface area contributed by atoms with E-state index in [0.717, 1.165) is 33.7 Å². The third-order valence-electron chi connectivity index (χ3n) is 3.17. The van der Waals surface area contributed by atoms with Crippen LogP contribution >= 0.6 is 0 Å². The molecule has 1 N–H and O–H groups in total. The fraction of sp³-hybridized carbons (Fsp3) is 0. The SMILES string of the molecule is O=C(O)/C=C/c1ccncc1-c1ccc2ncccc2c1. The number of hydrogen-bond acceptors (Lipinski definition) is 3. The van der Waals surface area contributed by atoms with Crippen LogP contribution in [0.15, 0.2) is 61.1 Å². The number of nitrogens with zero attached hydrogens (tertiary/aromatic N) is 2. The van der Waals surface area contributed by atoms with Crippen LogP contribution in [0.2, 0.25) is 0 Å². The summed E-state index contributed by atoms with van der Waals surface area (Å²) < 4.78 is 0. The summed E-state index contributed by atoms with van der Waals surface area (Å²) in [6.45, 7) is 0. The maximum Gasteiger partial charge on any atom is 0.328 e. The van der Waals surface area contributed by atoms with Gasteiger partial charge in [0.2, 0.25) is 0 Å². The Morgan fingerprint density at radius 1 is 1.14 bits per heavy atom. The summed E-state index contributed by atoms with van der Waals surface area (Å²) in [5.41, 5.74) is 3.61. The molecule has 2 heterocycles. The summed E-state index contributed by atoms with van der Waals surface area (Å²) in [6.07, 6.45) is 7.84. The maximum atomic E-state index is 10.7. The number of benzene rings is 1. The second kappa shape index (κ2) is 5.54. The van der Waals surface area contributed by atoms with E-state index in [9.17, 15) is 4.79 Å². The van der Waals surface area contributed by atoms with Crippen LogP contribution in [0.3, 0.4) is 0 Å². The molecule has 0 bridgehead atoms. The number of rotatable bonds is 3. The molecule has 0 fully saturated rings. The Bertz CT molecular complexity index is 841. The molecule has 0 amide bonds. The van der Waals surface area contributed by atoms with E-state index in [1.165, 1.54) is 0 Å². The zero-order chi connectivity index (χ0) is 14.7. The van der Waals surface area contributed by atoms with Crippen LogP contribution in [0.25, 0.3) is 28.1 Å². The van der Waals surface area contributed by atoms with Crippen molar-refractivity contribution >= 4 is 22.9 Å². The van der Waals surface area contributed by atoms with Crippen LogP contribution < -0.4 is 0 Å². The van der Waals surface area contributed by atoms with Crippen LogP contribution in [-0.2, 0) is 4.79 Å². The topological polar surface area (TPSA) is 63.1 Å². The second-order valence-corrected chi connectivity index (χ2v) is 4.55. The van der Waals surface area contributed by atoms with E-state index < -0.39 is 5.97 Å². The first-order valence-electron chi connectivity index (χ1n) is 6.44. The summed E-state index contributed by atoms with van der Waals surface area (Å²) in [5.74, 6) is -0.972. The predicted molar refractivity (Wildman–Crippen MR) is 81.6 cm³/mol. The highest BCUT2D eigenvalue weighted by Gasteiger charge is 2.05. The summed E-state index contributed by atoms with van der Waals surface area (Å²) in [5, 5.41) is 9.80. The van der Waals surface area contributed by atoms with E-state index in [-0.39, 0.29) is 0 Å². The fourth-order valence-corrected chi connectivity index (χ4v) is 2.20. The van der Waals surface area contributed by atoms with Crippen molar-refractivity contribution in [1.29, 1.82) is 0 Å². The third-order valence-corrected chi connectivity index (χ3v) is 3.17. The van der Waals surface area contributed by atoms with Gasteiger partial charge in [0.15, 0.2) is 0 Å². The monoisotopic (exact) mass is 276 g/mol. The number of hydrogen-bond donors (Lipinski definition) is 1. The summed E-state index contributed by atoms with van der Waals surface area (Å²) in [6, 6.07) is 11.6. The molecule has 4 nitrogen and oxygen atoms in total. The number of carboxylic acids is 1.